The third kappa shape index (κ3) is 2.58. The molecule has 9 heteroatoms. The van der Waals surface area contributed by atoms with Crippen molar-refractivity contribution in [3.8, 4) is 10.7 Å². The molecular weight excluding hydrogens is 308 g/mol. The standard InChI is InChI=1S/C13H10N4O4S/c1-7-11(13(20)21-17-9(18)2-3-10(17)19)22-12(16-7)8-6-14-4-5-15-8/h4-6H,2-3H2,1H3. The molecule has 0 aromatic carbocycles. The number of hydrogen-bond donors (Lipinski definition) is 0. The second kappa shape index (κ2) is 5.60. The van der Waals surface area contributed by atoms with Gasteiger partial charge in [-0.05, 0) is 6.92 Å². The van der Waals surface area contributed by atoms with Crippen LogP contribution >= 0.6 is 11.3 Å². The van der Waals surface area contributed by atoms with Gasteiger partial charge in [0.05, 0.1) is 11.9 Å². The number of rotatable bonds is 3. The number of amides is 2. The van der Waals surface area contributed by atoms with E-state index in [2.05, 4.69) is 15.0 Å². The van der Waals surface area contributed by atoms with Gasteiger partial charge in [-0.15, -0.1) is 16.4 Å². The summed E-state index contributed by atoms with van der Waals surface area (Å²) in [6.45, 7) is 1.64. The summed E-state index contributed by atoms with van der Waals surface area (Å²) in [4.78, 5) is 52.4. The zero-order valence-corrected chi connectivity index (χ0v) is 12.3. The van der Waals surface area contributed by atoms with E-state index in [0.717, 1.165) is 11.3 Å². The van der Waals surface area contributed by atoms with Crippen LogP contribution in [0, 0.1) is 6.92 Å². The number of aromatic nitrogens is 3. The minimum absolute atomic E-state index is 0.0542. The molecule has 2 aromatic rings. The van der Waals surface area contributed by atoms with Crippen molar-refractivity contribution in [3.05, 3.63) is 29.2 Å². The van der Waals surface area contributed by atoms with Crippen LogP contribution in [-0.4, -0.2) is 37.8 Å². The molecular formula is C13H10N4O4S. The number of imide groups is 1. The highest BCUT2D eigenvalue weighted by molar-refractivity contribution is 7.17. The lowest BCUT2D eigenvalue weighted by Crippen LogP contribution is -2.32. The summed E-state index contributed by atoms with van der Waals surface area (Å²) >= 11 is 1.07. The molecule has 0 aliphatic carbocycles. The number of hydroxylamine groups is 2. The molecule has 112 valence electrons. The third-order valence-electron chi connectivity index (χ3n) is 2.94. The fourth-order valence-corrected chi connectivity index (χ4v) is 2.79. The average Bonchev–Trinajstić information content (AvgIpc) is 3.05. The summed E-state index contributed by atoms with van der Waals surface area (Å²) in [5.74, 6) is -1.82. The van der Waals surface area contributed by atoms with E-state index in [1.165, 1.54) is 18.6 Å². The molecule has 1 saturated heterocycles. The maximum atomic E-state index is 12.1. The smallest absolute Gasteiger partial charge is 0.324 e. The SMILES string of the molecule is Cc1nc(-c2cnccn2)sc1C(=O)ON1C(=O)CCC1=O. The Bertz CT molecular complexity index is 743. The number of hydrogen-bond acceptors (Lipinski definition) is 8. The van der Waals surface area contributed by atoms with Gasteiger partial charge in [0.15, 0.2) is 0 Å². The van der Waals surface area contributed by atoms with Gasteiger partial charge in [-0.2, -0.15) is 0 Å². The molecule has 0 saturated carbocycles. The first-order valence-corrected chi connectivity index (χ1v) is 7.20. The molecule has 22 heavy (non-hydrogen) atoms. The third-order valence-corrected chi connectivity index (χ3v) is 4.10. The zero-order valence-electron chi connectivity index (χ0n) is 11.5. The van der Waals surface area contributed by atoms with Crippen molar-refractivity contribution in [3.63, 3.8) is 0 Å². The maximum absolute atomic E-state index is 12.1. The summed E-state index contributed by atoms with van der Waals surface area (Å²) in [6, 6.07) is 0. The predicted molar refractivity (Wildman–Crippen MR) is 74.4 cm³/mol. The summed E-state index contributed by atoms with van der Waals surface area (Å²) in [5, 5.41) is 1.03. The van der Waals surface area contributed by atoms with Crippen LogP contribution in [0.25, 0.3) is 10.7 Å². The van der Waals surface area contributed by atoms with E-state index < -0.39 is 17.8 Å². The number of aryl methyl sites for hydroxylation is 1. The van der Waals surface area contributed by atoms with E-state index in [1.807, 2.05) is 0 Å². The zero-order chi connectivity index (χ0) is 15.7. The molecule has 0 bridgehead atoms. The molecule has 0 radical (unpaired) electrons. The van der Waals surface area contributed by atoms with Crippen LogP contribution in [0.4, 0.5) is 0 Å². The van der Waals surface area contributed by atoms with Crippen LogP contribution in [0.3, 0.4) is 0 Å². The Balaban J connectivity index is 1.83. The molecule has 2 amide bonds. The van der Waals surface area contributed by atoms with Crippen LogP contribution in [0.2, 0.25) is 0 Å². The fourth-order valence-electron chi connectivity index (χ4n) is 1.89. The molecule has 3 heterocycles. The largest absolute Gasteiger partial charge is 0.375 e. The quantitative estimate of drug-likeness (QED) is 0.781. The Morgan fingerprint density at radius 3 is 2.64 bits per heavy atom. The van der Waals surface area contributed by atoms with Gasteiger partial charge in [0, 0.05) is 25.2 Å². The molecule has 2 aromatic heterocycles. The molecule has 0 unspecified atom stereocenters. The molecule has 0 atom stereocenters. The highest BCUT2D eigenvalue weighted by atomic mass is 32.1. The average molecular weight is 318 g/mol. The van der Waals surface area contributed by atoms with Crippen molar-refractivity contribution in [2.45, 2.75) is 19.8 Å². The van der Waals surface area contributed by atoms with Crippen LogP contribution in [0.15, 0.2) is 18.6 Å². The highest BCUT2D eigenvalue weighted by Crippen LogP contribution is 2.27. The Morgan fingerprint density at radius 1 is 1.27 bits per heavy atom. The van der Waals surface area contributed by atoms with Crippen molar-refractivity contribution in [2.75, 3.05) is 0 Å². The lowest BCUT2D eigenvalue weighted by atomic mass is 10.4. The molecule has 0 N–H and O–H groups in total. The number of carbonyl (C=O) groups is 3. The summed E-state index contributed by atoms with van der Waals surface area (Å²) in [5.41, 5.74) is 0.970. The molecule has 1 aliphatic heterocycles. The molecule has 0 spiro atoms. The van der Waals surface area contributed by atoms with Crippen molar-refractivity contribution in [1.82, 2.24) is 20.0 Å². The number of carbonyl (C=O) groups excluding carboxylic acids is 3. The predicted octanol–water partition coefficient (Wildman–Crippen LogP) is 1.13. The van der Waals surface area contributed by atoms with Gasteiger partial charge in [0.1, 0.15) is 15.6 Å². The van der Waals surface area contributed by atoms with Crippen molar-refractivity contribution < 1.29 is 19.2 Å². The first-order chi connectivity index (χ1) is 10.6. The second-order valence-corrected chi connectivity index (χ2v) is 5.48. The van der Waals surface area contributed by atoms with Gasteiger partial charge in [0.25, 0.3) is 11.8 Å². The minimum atomic E-state index is -0.784. The topological polar surface area (TPSA) is 102 Å². The van der Waals surface area contributed by atoms with E-state index in [9.17, 15) is 14.4 Å². The van der Waals surface area contributed by atoms with E-state index in [0.29, 0.717) is 21.5 Å². The summed E-state index contributed by atoms with van der Waals surface area (Å²) < 4.78 is 0. The Kier molecular flexibility index (Phi) is 3.63. The van der Waals surface area contributed by atoms with Crippen LogP contribution in [0.5, 0.6) is 0 Å². The lowest BCUT2D eigenvalue weighted by molar-refractivity contribution is -0.172. The van der Waals surface area contributed by atoms with Gasteiger partial charge >= 0.3 is 5.97 Å². The molecule has 8 nitrogen and oxygen atoms in total. The van der Waals surface area contributed by atoms with Gasteiger partial charge in [-0.1, -0.05) is 0 Å². The second-order valence-electron chi connectivity index (χ2n) is 4.48. The van der Waals surface area contributed by atoms with E-state index >= 15 is 0 Å². The van der Waals surface area contributed by atoms with Crippen molar-refractivity contribution >= 4 is 29.1 Å². The lowest BCUT2D eigenvalue weighted by Gasteiger charge is -2.11. The van der Waals surface area contributed by atoms with Crippen LogP contribution in [0.1, 0.15) is 28.2 Å². The van der Waals surface area contributed by atoms with E-state index in [1.54, 1.807) is 6.92 Å². The number of thiazole rings is 1. The summed E-state index contributed by atoms with van der Waals surface area (Å²) in [6.07, 6.45) is 4.69. The minimum Gasteiger partial charge on any atom is -0.324 e. The van der Waals surface area contributed by atoms with Crippen molar-refractivity contribution in [1.29, 1.82) is 0 Å². The normalized spacial score (nSPS) is 14.5. The Morgan fingerprint density at radius 2 is 2.00 bits per heavy atom. The molecule has 3 rings (SSSR count). The molecule has 1 aliphatic rings. The first kappa shape index (κ1) is 14.3. The van der Waals surface area contributed by atoms with Gasteiger partial charge in [-0.3, -0.25) is 19.6 Å². The molecule has 1 fully saturated rings. The van der Waals surface area contributed by atoms with Gasteiger partial charge in [-0.25, -0.2) is 9.78 Å². The highest BCUT2D eigenvalue weighted by Gasteiger charge is 2.34. The maximum Gasteiger partial charge on any atom is 0.375 e. The van der Waals surface area contributed by atoms with E-state index in [-0.39, 0.29) is 17.7 Å². The first-order valence-electron chi connectivity index (χ1n) is 6.38. The van der Waals surface area contributed by atoms with Gasteiger partial charge < -0.3 is 4.84 Å². The van der Waals surface area contributed by atoms with Gasteiger partial charge in [0.2, 0.25) is 0 Å². The Hall–Kier alpha value is -2.68. The number of nitrogens with zero attached hydrogens (tertiary/aromatic N) is 4. The van der Waals surface area contributed by atoms with Crippen LogP contribution in [-0.2, 0) is 14.4 Å². The summed E-state index contributed by atoms with van der Waals surface area (Å²) in [7, 11) is 0. The van der Waals surface area contributed by atoms with Crippen molar-refractivity contribution in [2.24, 2.45) is 0 Å². The van der Waals surface area contributed by atoms with E-state index in [4.69, 9.17) is 4.84 Å². The monoisotopic (exact) mass is 318 g/mol. The van der Waals surface area contributed by atoms with Crippen LogP contribution < -0.4 is 0 Å². The Labute approximate surface area is 128 Å². The fraction of sp³-hybridized carbons (Fsp3) is 0.231.